The van der Waals surface area contributed by atoms with E-state index in [0.717, 1.165) is 11.1 Å². The summed E-state index contributed by atoms with van der Waals surface area (Å²) < 4.78 is 5.59. The molecule has 1 heterocycles. The van der Waals surface area contributed by atoms with Crippen molar-refractivity contribution in [2.45, 2.75) is 11.0 Å². The lowest BCUT2D eigenvalue weighted by molar-refractivity contribution is -0.255. The summed E-state index contributed by atoms with van der Waals surface area (Å²) in [7, 11) is 0. The molecule has 0 aliphatic rings. The van der Waals surface area contributed by atoms with Gasteiger partial charge in [0.15, 0.2) is 0 Å². The first kappa shape index (κ1) is 15.6. The number of nitrogens with zero attached hydrogens (tertiary/aromatic N) is 2. The highest BCUT2D eigenvalue weighted by Crippen LogP contribution is 2.26. The van der Waals surface area contributed by atoms with Crippen LogP contribution in [0.1, 0.15) is 15.9 Å². The van der Waals surface area contributed by atoms with Crippen LogP contribution < -0.4 is 5.11 Å². The number of hydrogen-bond acceptors (Lipinski definition) is 6. The van der Waals surface area contributed by atoms with E-state index in [9.17, 15) is 9.90 Å². The molecule has 116 valence electrons. The van der Waals surface area contributed by atoms with Gasteiger partial charge in [0, 0.05) is 16.3 Å². The summed E-state index contributed by atoms with van der Waals surface area (Å²) in [5, 5.41) is 19.8. The minimum atomic E-state index is -1.19. The van der Waals surface area contributed by atoms with Crippen molar-refractivity contribution < 1.29 is 14.3 Å². The molecule has 0 atom stereocenters. The summed E-state index contributed by atoms with van der Waals surface area (Å²) in [5.74, 6) is -0.166. The van der Waals surface area contributed by atoms with Gasteiger partial charge in [0.2, 0.25) is 5.89 Å². The summed E-state index contributed by atoms with van der Waals surface area (Å²) in [6.07, 6.45) is 0. The lowest BCUT2D eigenvalue weighted by Crippen LogP contribution is -2.21. The van der Waals surface area contributed by atoms with Gasteiger partial charge in [-0.05, 0) is 35.4 Å². The van der Waals surface area contributed by atoms with Crippen LogP contribution in [-0.4, -0.2) is 16.2 Å². The average molecular weight is 346 g/mol. The van der Waals surface area contributed by atoms with E-state index in [0.29, 0.717) is 21.9 Å². The van der Waals surface area contributed by atoms with E-state index in [1.165, 1.54) is 23.9 Å². The van der Waals surface area contributed by atoms with Crippen molar-refractivity contribution in [3.63, 3.8) is 0 Å². The topological polar surface area (TPSA) is 79.0 Å². The standard InChI is InChI=1S/C16H11ClN2O3S/c17-13-7-5-11(6-8-13)14-18-19-16(22-14)23-9-10-1-3-12(4-2-10)15(20)21/h1-8H,9H2,(H,20,21)/p-1. The van der Waals surface area contributed by atoms with Crippen molar-refractivity contribution in [3.05, 3.63) is 64.7 Å². The normalized spacial score (nSPS) is 10.7. The number of halogens is 1. The zero-order valence-corrected chi connectivity index (χ0v) is 13.3. The number of carboxylic acids is 1. The molecule has 0 saturated carbocycles. The third-order valence-corrected chi connectivity index (χ3v) is 4.19. The molecule has 0 aliphatic heterocycles. The van der Waals surface area contributed by atoms with Crippen LogP contribution in [0.5, 0.6) is 0 Å². The monoisotopic (exact) mass is 345 g/mol. The van der Waals surface area contributed by atoms with Crippen LogP contribution in [0.4, 0.5) is 0 Å². The SMILES string of the molecule is O=C([O-])c1ccc(CSc2nnc(-c3ccc(Cl)cc3)o2)cc1. The van der Waals surface area contributed by atoms with E-state index in [1.807, 2.05) is 12.1 Å². The molecule has 7 heteroatoms. The molecule has 3 rings (SSSR count). The second-order valence-electron chi connectivity index (χ2n) is 4.65. The van der Waals surface area contributed by atoms with Crippen LogP contribution in [0.15, 0.2) is 58.2 Å². The van der Waals surface area contributed by atoms with Crippen LogP contribution in [0.25, 0.3) is 11.5 Å². The van der Waals surface area contributed by atoms with Crippen molar-refractivity contribution in [1.82, 2.24) is 10.2 Å². The zero-order valence-electron chi connectivity index (χ0n) is 11.7. The van der Waals surface area contributed by atoms with Gasteiger partial charge in [0.25, 0.3) is 5.22 Å². The zero-order chi connectivity index (χ0) is 16.2. The summed E-state index contributed by atoms with van der Waals surface area (Å²) in [6.45, 7) is 0. The van der Waals surface area contributed by atoms with E-state index in [1.54, 1.807) is 24.3 Å². The fourth-order valence-electron chi connectivity index (χ4n) is 1.86. The highest BCUT2D eigenvalue weighted by atomic mass is 35.5. The third kappa shape index (κ3) is 3.91. The fraction of sp³-hybridized carbons (Fsp3) is 0.0625. The van der Waals surface area contributed by atoms with E-state index in [2.05, 4.69) is 10.2 Å². The first-order valence-corrected chi connectivity index (χ1v) is 8.01. The van der Waals surface area contributed by atoms with Gasteiger partial charge in [0.1, 0.15) is 0 Å². The Morgan fingerprint density at radius 2 is 1.78 bits per heavy atom. The molecule has 2 aromatic carbocycles. The number of aromatic carboxylic acids is 1. The van der Waals surface area contributed by atoms with E-state index in [4.69, 9.17) is 16.0 Å². The van der Waals surface area contributed by atoms with Gasteiger partial charge in [-0.25, -0.2) is 0 Å². The Balaban J connectivity index is 1.65. The molecular weight excluding hydrogens is 336 g/mol. The smallest absolute Gasteiger partial charge is 0.277 e. The maximum absolute atomic E-state index is 10.7. The van der Waals surface area contributed by atoms with Crippen molar-refractivity contribution in [2.75, 3.05) is 0 Å². The molecule has 3 aromatic rings. The molecule has 23 heavy (non-hydrogen) atoms. The first-order chi connectivity index (χ1) is 11.1. The van der Waals surface area contributed by atoms with Crippen LogP contribution in [0.3, 0.4) is 0 Å². The van der Waals surface area contributed by atoms with E-state index >= 15 is 0 Å². The quantitative estimate of drug-likeness (QED) is 0.661. The van der Waals surface area contributed by atoms with Gasteiger partial charge >= 0.3 is 0 Å². The van der Waals surface area contributed by atoms with Gasteiger partial charge in [-0.1, -0.05) is 47.6 Å². The lowest BCUT2D eigenvalue weighted by atomic mass is 10.1. The second kappa shape index (κ2) is 6.85. The van der Waals surface area contributed by atoms with E-state index in [-0.39, 0.29) is 5.56 Å². The number of carbonyl (C=O) groups is 1. The Bertz CT molecular complexity index is 816. The van der Waals surface area contributed by atoms with Gasteiger partial charge in [0.05, 0.1) is 5.97 Å². The Morgan fingerprint density at radius 3 is 2.43 bits per heavy atom. The minimum Gasteiger partial charge on any atom is -0.545 e. The molecule has 5 nitrogen and oxygen atoms in total. The number of aromatic nitrogens is 2. The molecule has 1 aromatic heterocycles. The van der Waals surface area contributed by atoms with Crippen molar-refractivity contribution >= 4 is 29.3 Å². The molecule has 0 N–H and O–H groups in total. The summed E-state index contributed by atoms with van der Waals surface area (Å²) in [4.78, 5) is 10.7. The van der Waals surface area contributed by atoms with Gasteiger partial charge in [-0.3, -0.25) is 0 Å². The number of thioether (sulfide) groups is 1. The Morgan fingerprint density at radius 1 is 1.09 bits per heavy atom. The number of benzene rings is 2. The average Bonchev–Trinajstić information content (AvgIpc) is 3.03. The van der Waals surface area contributed by atoms with Crippen LogP contribution in [0, 0.1) is 0 Å². The van der Waals surface area contributed by atoms with Crippen LogP contribution in [0.2, 0.25) is 5.02 Å². The van der Waals surface area contributed by atoms with Crippen molar-refractivity contribution in [2.24, 2.45) is 0 Å². The molecule has 0 radical (unpaired) electrons. The van der Waals surface area contributed by atoms with Crippen LogP contribution >= 0.6 is 23.4 Å². The number of hydrogen-bond donors (Lipinski definition) is 0. The predicted octanol–water partition coefficient (Wildman–Crippen LogP) is 3.05. The van der Waals surface area contributed by atoms with Gasteiger partial charge in [-0.15, -0.1) is 10.2 Å². The van der Waals surface area contributed by atoms with Crippen LogP contribution in [-0.2, 0) is 5.75 Å². The highest BCUT2D eigenvalue weighted by Gasteiger charge is 2.09. The first-order valence-electron chi connectivity index (χ1n) is 6.64. The molecule has 0 saturated heterocycles. The maximum atomic E-state index is 10.7. The highest BCUT2D eigenvalue weighted by molar-refractivity contribution is 7.98. The maximum Gasteiger partial charge on any atom is 0.277 e. The minimum absolute atomic E-state index is 0.154. The third-order valence-electron chi connectivity index (χ3n) is 3.05. The summed E-state index contributed by atoms with van der Waals surface area (Å²) in [5.41, 5.74) is 1.90. The molecule has 0 fully saturated rings. The molecule has 0 spiro atoms. The number of carboxylic acid groups (broad SMARTS) is 1. The predicted molar refractivity (Wildman–Crippen MR) is 85.1 cm³/mol. The fourth-order valence-corrected chi connectivity index (χ4v) is 2.70. The molecule has 0 aliphatic carbocycles. The Hall–Kier alpha value is -2.31. The number of carbonyl (C=O) groups excluding carboxylic acids is 1. The lowest BCUT2D eigenvalue weighted by Gasteiger charge is -2.03. The largest absolute Gasteiger partial charge is 0.545 e. The number of rotatable bonds is 5. The van der Waals surface area contributed by atoms with Gasteiger partial charge < -0.3 is 14.3 Å². The second-order valence-corrected chi connectivity index (χ2v) is 6.02. The molecular formula is C16H10ClN2O3S-. The molecule has 0 bridgehead atoms. The Labute approximate surface area is 141 Å². The van der Waals surface area contributed by atoms with Crippen molar-refractivity contribution in [3.8, 4) is 11.5 Å². The van der Waals surface area contributed by atoms with Gasteiger partial charge in [-0.2, -0.15) is 0 Å². The van der Waals surface area contributed by atoms with Crippen molar-refractivity contribution in [1.29, 1.82) is 0 Å². The molecule has 0 amide bonds. The Kier molecular flexibility index (Phi) is 4.64. The summed E-state index contributed by atoms with van der Waals surface area (Å²) >= 11 is 7.22. The molecule has 0 unspecified atom stereocenters. The summed E-state index contributed by atoms with van der Waals surface area (Å²) in [6, 6.07) is 13.6. The van der Waals surface area contributed by atoms with E-state index < -0.39 is 5.97 Å².